The monoisotopic (exact) mass is 403 g/mol. The molecule has 152 valence electrons. The number of fused-ring (bicyclic) bond motifs is 1. The third kappa shape index (κ3) is 3.65. The van der Waals surface area contributed by atoms with Crippen LogP contribution in [-0.2, 0) is 12.8 Å². The van der Waals surface area contributed by atoms with Gasteiger partial charge in [-0.2, -0.15) is 0 Å². The number of hydrogen-bond acceptors (Lipinski definition) is 4. The highest BCUT2D eigenvalue weighted by atomic mass is 19.1. The number of aromatic hydroxyl groups is 1. The molecule has 1 aliphatic carbocycles. The highest BCUT2D eigenvalue weighted by Gasteiger charge is 2.30. The molecule has 1 fully saturated rings. The zero-order valence-electron chi connectivity index (χ0n) is 16.5. The van der Waals surface area contributed by atoms with Crippen LogP contribution < -0.4 is 0 Å². The zero-order chi connectivity index (χ0) is 20.7. The van der Waals surface area contributed by atoms with Crippen molar-refractivity contribution in [2.45, 2.75) is 31.6 Å². The van der Waals surface area contributed by atoms with Crippen LogP contribution in [0.2, 0.25) is 0 Å². The Kier molecular flexibility index (Phi) is 4.69. The molecule has 2 aromatic carbocycles. The fraction of sp³-hybridized carbons (Fsp3) is 0.292. The maximum absolute atomic E-state index is 13.2. The smallest absolute Gasteiger partial charge is 0.253 e. The summed E-state index contributed by atoms with van der Waals surface area (Å²) < 4.78 is 13.2. The molecule has 2 heterocycles. The Morgan fingerprint density at radius 3 is 2.37 bits per heavy atom. The number of amides is 1. The van der Waals surface area contributed by atoms with Gasteiger partial charge in [0.1, 0.15) is 17.4 Å². The normalized spacial score (nSPS) is 16.1. The summed E-state index contributed by atoms with van der Waals surface area (Å²) in [5.74, 6) is 1.08. The molecule has 5 nitrogen and oxygen atoms in total. The van der Waals surface area contributed by atoms with E-state index in [0.29, 0.717) is 37.4 Å². The van der Waals surface area contributed by atoms with Crippen molar-refractivity contribution in [3.05, 3.63) is 77.0 Å². The summed E-state index contributed by atoms with van der Waals surface area (Å²) in [6.45, 7) is 1.12. The third-order valence-electron chi connectivity index (χ3n) is 5.82. The Balaban J connectivity index is 1.47. The standard InChI is InChI=1S/C24H22FN3O2/c25-18-7-3-17(4-8-18)24(30)28-13-11-20-21(12-14-28)26-23(16-1-2-16)27-22(20)15-5-9-19(29)10-6-15/h3-10,16,29H,1-2,11-14H2. The van der Waals surface area contributed by atoms with Crippen LogP contribution in [0.5, 0.6) is 5.75 Å². The van der Waals surface area contributed by atoms with Gasteiger partial charge in [-0.05, 0) is 67.8 Å². The van der Waals surface area contributed by atoms with E-state index in [4.69, 9.17) is 9.97 Å². The molecule has 30 heavy (non-hydrogen) atoms. The molecule has 1 N–H and O–H groups in total. The molecule has 1 saturated carbocycles. The lowest BCUT2D eigenvalue weighted by atomic mass is 10.0. The number of phenols is 1. The molecule has 1 aliphatic heterocycles. The number of nitrogens with zero attached hydrogens (tertiary/aromatic N) is 3. The van der Waals surface area contributed by atoms with Gasteiger partial charge in [0.25, 0.3) is 5.91 Å². The van der Waals surface area contributed by atoms with E-state index in [2.05, 4.69) is 0 Å². The molecule has 0 saturated heterocycles. The second-order valence-electron chi connectivity index (χ2n) is 7.98. The number of carbonyl (C=O) groups excluding carboxylic acids is 1. The van der Waals surface area contributed by atoms with Gasteiger partial charge in [0.05, 0.1) is 5.69 Å². The zero-order valence-corrected chi connectivity index (χ0v) is 16.5. The molecular formula is C24H22FN3O2. The van der Waals surface area contributed by atoms with Gasteiger partial charge < -0.3 is 10.0 Å². The summed E-state index contributed by atoms with van der Waals surface area (Å²) in [4.78, 5) is 24.5. The van der Waals surface area contributed by atoms with Crippen LogP contribution in [-0.4, -0.2) is 39.0 Å². The SMILES string of the molecule is O=C(c1ccc(F)cc1)N1CCc2nc(C3CC3)nc(-c3ccc(O)cc3)c2CC1. The van der Waals surface area contributed by atoms with E-state index in [9.17, 15) is 14.3 Å². The van der Waals surface area contributed by atoms with Crippen molar-refractivity contribution >= 4 is 5.91 Å². The summed E-state index contributed by atoms with van der Waals surface area (Å²) in [5.41, 5.74) is 4.42. The van der Waals surface area contributed by atoms with Crippen molar-refractivity contribution in [2.24, 2.45) is 0 Å². The lowest BCUT2D eigenvalue weighted by molar-refractivity contribution is 0.0763. The van der Waals surface area contributed by atoms with Crippen LogP contribution in [0.4, 0.5) is 4.39 Å². The van der Waals surface area contributed by atoms with Gasteiger partial charge >= 0.3 is 0 Å². The first kappa shape index (κ1) is 18.7. The largest absolute Gasteiger partial charge is 0.508 e. The molecule has 0 spiro atoms. The highest BCUT2D eigenvalue weighted by molar-refractivity contribution is 5.94. The number of hydrogen-bond donors (Lipinski definition) is 1. The lowest BCUT2D eigenvalue weighted by Crippen LogP contribution is -2.33. The van der Waals surface area contributed by atoms with Crippen molar-refractivity contribution in [1.29, 1.82) is 0 Å². The number of carbonyl (C=O) groups is 1. The van der Waals surface area contributed by atoms with Crippen molar-refractivity contribution in [1.82, 2.24) is 14.9 Å². The average Bonchev–Trinajstić information content (AvgIpc) is 3.61. The Morgan fingerprint density at radius 2 is 1.67 bits per heavy atom. The van der Waals surface area contributed by atoms with E-state index in [1.165, 1.54) is 24.3 Å². The van der Waals surface area contributed by atoms with Gasteiger partial charge in [-0.1, -0.05) is 0 Å². The summed E-state index contributed by atoms with van der Waals surface area (Å²) in [5, 5.41) is 9.66. The topological polar surface area (TPSA) is 66.3 Å². The Morgan fingerprint density at radius 1 is 0.967 bits per heavy atom. The molecule has 1 aromatic heterocycles. The minimum absolute atomic E-state index is 0.0932. The van der Waals surface area contributed by atoms with Crippen molar-refractivity contribution in [2.75, 3.05) is 13.1 Å². The van der Waals surface area contributed by atoms with Crippen LogP contribution in [0.1, 0.15) is 46.2 Å². The number of rotatable bonds is 3. The van der Waals surface area contributed by atoms with Gasteiger partial charge in [0, 0.05) is 47.8 Å². The lowest BCUT2D eigenvalue weighted by Gasteiger charge is -2.20. The van der Waals surface area contributed by atoms with Crippen molar-refractivity contribution in [3.63, 3.8) is 0 Å². The Hall–Kier alpha value is -3.28. The molecule has 0 radical (unpaired) electrons. The van der Waals surface area contributed by atoms with E-state index in [1.54, 1.807) is 12.1 Å². The molecule has 2 aliphatic rings. The van der Waals surface area contributed by atoms with E-state index in [0.717, 1.165) is 41.2 Å². The molecule has 1 amide bonds. The molecule has 6 heteroatoms. The minimum atomic E-state index is -0.351. The molecule has 0 unspecified atom stereocenters. The fourth-order valence-corrected chi connectivity index (χ4v) is 3.98. The van der Waals surface area contributed by atoms with Gasteiger partial charge in [-0.25, -0.2) is 14.4 Å². The molecule has 5 rings (SSSR count). The quantitative estimate of drug-likeness (QED) is 0.715. The van der Waals surface area contributed by atoms with Crippen LogP contribution in [0.15, 0.2) is 48.5 Å². The second kappa shape index (κ2) is 7.52. The molecule has 3 aromatic rings. The number of phenolic OH excluding ortho intramolecular Hbond substituents is 1. The van der Waals surface area contributed by atoms with Crippen LogP contribution >= 0.6 is 0 Å². The van der Waals surface area contributed by atoms with Crippen LogP contribution in [0, 0.1) is 5.82 Å². The summed E-state index contributed by atoms with van der Waals surface area (Å²) >= 11 is 0. The van der Waals surface area contributed by atoms with Crippen molar-refractivity contribution in [3.8, 4) is 17.0 Å². The number of halogens is 1. The Bertz CT molecular complexity index is 1090. The first-order valence-corrected chi connectivity index (χ1v) is 10.3. The highest BCUT2D eigenvalue weighted by Crippen LogP contribution is 2.40. The van der Waals surface area contributed by atoms with E-state index >= 15 is 0 Å². The summed E-state index contributed by atoms with van der Waals surface area (Å²) in [6.07, 6.45) is 3.55. The van der Waals surface area contributed by atoms with Gasteiger partial charge in [-0.15, -0.1) is 0 Å². The maximum Gasteiger partial charge on any atom is 0.253 e. The Labute approximate surface area is 174 Å². The van der Waals surface area contributed by atoms with E-state index in [1.807, 2.05) is 17.0 Å². The number of benzene rings is 2. The minimum Gasteiger partial charge on any atom is -0.508 e. The maximum atomic E-state index is 13.2. The third-order valence-corrected chi connectivity index (χ3v) is 5.82. The molecule has 0 bridgehead atoms. The first-order valence-electron chi connectivity index (χ1n) is 10.3. The number of aromatic nitrogens is 2. The van der Waals surface area contributed by atoms with Crippen LogP contribution in [0.3, 0.4) is 0 Å². The predicted molar refractivity (Wildman–Crippen MR) is 111 cm³/mol. The first-order chi connectivity index (χ1) is 14.6. The van der Waals surface area contributed by atoms with Crippen LogP contribution in [0.25, 0.3) is 11.3 Å². The summed E-state index contributed by atoms with van der Waals surface area (Å²) in [6, 6.07) is 12.8. The van der Waals surface area contributed by atoms with Gasteiger partial charge in [0.2, 0.25) is 0 Å². The van der Waals surface area contributed by atoms with E-state index in [-0.39, 0.29) is 17.5 Å². The average molecular weight is 403 g/mol. The van der Waals surface area contributed by atoms with E-state index < -0.39 is 0 Å². The van der Waals surface area contributed by atoms with Gasteiger partial charge in [0.15, 0.2) is 0 Å². The fourth-order valence-electron chi connectivity index (χ4n) is 3.98. The molecular weight excluding hydrogens is 381 g/mol. The molecule has 0 atom stereocenters. The van der Waals surface area contributed by atoms with Crippen molar-refractivity contribution < 1.29 is 14.3 Å². The van der Waals surface area contributed by atoms with Gasteiger partial charge in [-0.3, -0.25) is 4.79 Å². The second-order valence-corrected chi connectivity index (χ2v) is 7.98. The predicted octanol–water partition coefficient (Wildman–Crippen LogP) is 4.11. The summed E-state index contributed by atoms with van der Waals surface area (Å²) in [7, 11) is 0.